The Bertz CT molecular complexity index is 748. The third-order valence-electron chi connectivity index (χ3n) is 5.02. The Hall–Kier alpha value is -2.20. The summed E-state index contributed by atoms with van der Waals surface area (Å²) in [5, 5.41) is 11.3. The van der Waals surface area contributed by atoms with Crippen LogP contribution in [0.3, 0.4) is 0 Å². The Labute approximate surface area is 152 Å². The quantitative estimate of drug-likeness (QED) is 0.404. The van der Waals surface area contributed by atoms with Crippen molar-refractivity contribution in [3.8, 4) is 0 Å². The second-order valence-electron chi connectivity index (χ2n) is 6.72. The van der Waals surface area contributed by atoms with E-state index in [0.717, 1.165) is 43.2 Å². The van der Waals surface area contributed by atoms with Crippen LogP contribution in [0.1, 0.15) is 41.6 Å². The van der Waals surface area contributed by atoms with E-state index in [-0.39, 0.29) is 22.3 Å². The Morgan fingerprint density at radius 1 is 1.00 bits per heavy atom. The fourth-order valence-corrected chi connectivity index (χ4v) is 3.69. The van der Waals surface area contributed by atoms with Crippen LogP contribution in [0.4, 0.5) is 5.69 Å². The number of carbonyl (C=O) groups excluding carboxylic acids is 1. The maximum Gasteiger partial charge on any atom is 0.269 e. The maximum absolute atomic E-state index is 12.6. The first-order valence-corrected chi connectivity index (χ1v) is 8.94. The van der Waals surface area contributed by atoms with Crippen LogP contribution >= 0.6 is 11.6 Å². The van der Waals surface area contributed by atoms with E-state index in [2.05, 4.69) is 0 Å². The summed E-state index contributed by atoms with van der Waals surface area (Å²) in [6.07, 6.45) is 4.75. The van der Waals surface area contributed by atoms with Gasteiger partial charge >= 0.3 is 0 Å². The minimum Gasteiger partial charge on any atom is -0.294 e. The van der Waals surface area contributed by atoms with Crippen LogP contribution in [0.25, 0.3) is 0 Å². The molecule has 130 valence electrons. The number of rotatable bonds is 5. The van der Waals surface area contributed by atoms with E-state index in [4.69, 9.17) is 11.6 Å². The molecule has 5 heteroatoms. The summed E-state index contributed by atoms with van der Waals surface area (Å²) >= 11 is 5.88. The van der Waals surface area contributed by atoms with Crippen LogP contribution in [-0.4, -0.2) is 10.7 Å². The predicted molar refractivity (Wildman–Crippen MR) is 98.0 cm³/mol. The van der Waals surface area contributed by atoms with Gasteiger partial charge in [-0.2, -0.15) is 0 Å². The number of ketones is 1. The van der Waals surface area contributed by atoms with E-state index in [1.165, 1.54) is 0 Å². The monoisotopic (exact) mass is 357 g/mol. The number of nitro benzene ring substituents is 1. The van der Waals surface area contributed by atoms with Crippen LogP contribution in [0.2, 0.25) is 5.02 Å². The standard InChI is InChI=1S/C20H20ClNO3/c21-18-9-7-17(8-10-18)20(23)16-5-1-14(2-6-16)13-15-3-11-19(12-4-15)22(24)25/h3-4,7-12,14,16H,1-2,5-6,13H2. The van der Waals surface area contributed by atoms with Crippen LogP contribution in [0, 0.1) is 22.0 Å². The van der Waals surface area contributed by atoms with Crippen LogP contribution < -0.4 is 0 Å². The number of carbonyl (C=O) groups is 1. The van der Waals surface area contributed by atoms with E-state index in [9.17, 15) is 14.9 Å². The number of hydrogen-bond donors (Lipinski definition) is 0. The van der Waals surface area contributed by atoms with Crippen molar-refractivity contribution < 1.29 is 9.72 Å². The Morgan fingerprint density at radius 3 is 2.16 bits per heavy atom. The van der Waals surface area contributed by atoms with Gasteiger partial charge in [0.25, 0.3) is 5.69 Å². The van der Waals surface area contributed by atoms with E-state index < -0.39 is 0 Å². The summed E-state index contributed by atoms with van der Waals surface area (Å²) in [4.78, 5) is 22.9. The minimum atomic E-state index is -0.378. The Balaban J connectivity index is 1.53. The molecule has 1 aliphatic rings. The molecule has 0 radical (unpaired) electrons. The molecule has 0 N–H and O–H groups in total. The van der Waals surface area contributed by atoms with Crippen molar-refractivity contribution in [3.63, 3.8) is 0 Å². The number of non-ortho nitro benzene ring substituents is 1. The van der Waals surface area contributed by atoms with Gasteiger partial charge in [-0.1, -0.05) is 23.7 Å². The molecule has 4 nitrogen and oxygen atoms in total. The molecule has 2 aromatic carbocycles. The van der Waals surface area contributed by atoms with Crippen molar-refractivity contribution in [3.05, 3.63) is 74.8 Å². The number of benzene rings is 2. The molecule has 1 fully saturated rings. The third-order valence-corrected chi connectivity index (χ3v) is 5.27. The molecule has 0 bridgehead atoms. The second kappa shape index (κ2) is 7.79. The van der Waals surface area contributed by atoms with Crippen LogP contribution in [0.5, 0.6) is 0 Å². The van der Waals surface area contributed by atoms with Gasteiger partial charge in [-0.05, 0) is 67.9 Å². The highest BCUT2D eigenvalue weighted by Gasteiger charge is 2.27. The fraction of sp³-hybridized carbons (Fsp3) is 0.350. The summed E-state index contributed by atoms with van der Waals surface area (Å²) in [7, 11) is 0. The fourth-order valence-electron chi connectivity index (χ4n) is 3.57. The lowest BCUT2D eigenvalue weighted by atomic mass is 9.76. The summed E-state index contributed by atoms with van der Waals surface area (Å²) in [5.41, 5.74) is 1.99. The summed E-state index contributed by atoms with van der Waals surface area (Å²) in [6, 6.07) is 13.9. The lowest BCUT2D eigenvalue weighted by Gasteiger charge is -2.27. The van der Waals surface area contributed by atoms with Gasteiger partial charge in [-0.25, -0.2) is 0 Å². The number of hydrogen-bond acceptors (Lipinski definition) is 3. The molecule has 2 aromatic rings. The maximum atomic E-state index is 12.6. The summed E-state index contributed by atoms with van der Waals surface area (Å²) in [6.45, 7) is 0. The largest absolute Gasteiger partial charge is 0.294 e. The molecule has 0 amide bonds. The molecular formula is C20H20ClNO3. The minimum absolute atomic E-state index is 0.0919. The zero-order valence-corrected chi connectivity index (χ0v) is 14.6. The van der Waals surface area contributed by atoms with E-state index in [1.54, 1.807) is 36.4 Å². The third kappa shape index (κ3) is 4.45. The van der Waals surface area contributed by atoms with Crippen LogP contribution in [0.15, 0.2) is 48.5 Å². The van der Waals surface area contributed by atoms with E-state index in [0.29, 0.717) is 10.9 Å². The van der Waals surface area contributed by atoms with Gasteiger partial charge in [-0.15, -0.1) is 0 Å². The van der Waals surface area contributed by atoms with Gasteiger partial charge in [0.1, 0.15) is 0 Å². The van der Waals surface area contributed by atoms with E-state index >= 15 is 0 Å². The van der Waals surface area contributed by atoms with Crippen molar-refractivity contribution in [2.75, 3.05) is 0 Å². The molecule has 0 unspecified atom stereocenters. The molecule has 0 aliphatic heterocycles. The zero-order valence-electron chi connectivity index (χ0n) is 13.9. The van der Waals surface area contributed by atoms with Crippen molar-refractivity contribution in [1.29, 1.82) is 0 Å². The number of nitro groups is 1. The van der Waals surface area contributed by atoms with Gasteiger partial charge in [-0.3, -0.25) is 14.9 Å². The van der Waals surface area contributed by atoms with Gasteiger partial charge in [0.05, 0.1) is 4.92 Å². The first-order chi connectivity index (χ1) is 12.0. The number of halogens is 1. The Morgan fingerprint density at radius 2 is 1.60 bits per heavy atom. The molecule has 1 aliphatic carbocycles. The highest BCUT2D eigenvalue weighted by atomic mass is 35.5. The molecule has 25 heavy (non-hydrogen) atoms. The molecule has 0 saturated heterocycles. The van der Waals surface area contributed by atoms with Crippen molar-refractivity contribution in [1.82, 2.24) is 0 Å². The highest BCUT2D eigenvalue weighted by molar-refractivity contribution is 6.30. The molecule has 0 aromatic heterocycles. The predicted octanol–water partition coefficient (Wildman–Crippen LogP) is 5.48. The topological polar surface area (TPSA) is 60.2 Å². The van der Waals surface area contributed by atoms with Crippen molar-refractivity contribution in [2.24, 2.45) is 11.8 Å². The first kappa shape index (κ1) is 17.6. The average molecular weight is 358 g/mol. The second-order valence-corrected chi connectivity index (χ2v) is 7.15. The molecule has 1 saturated carbocycles. The van der Waals surface area contributed by atoms with Crippen molar-refractivity contribution >= 4 is 23.1 Å². The molecule has 0 spiro atoms. The highest BCUT2D eigenvalue weighted by Crippen LogP contribution is 2.33. The van der Waals surface area contributed by atoms with E-state index in [1.807, 2.05) is 12.1 Å². The first-order valence-electron chi connectivity index (χ1n) is 8.56. The Kier molecular flexibility index (Phi) is 5.49. The van der Waals surface area contributed by atoms with Crippen molar-refractivity contribution in [2.45, 2.75) is 32.1 Å². The molecule has 0 heterocycles. The van der Waals surface area contributed by atoms with Gasteiger partial charge < -0.3 is 0 Å². The number of nitrogens with zero attached hydrogens (tertiary/aromatic N) is 1. The lowest BCUT2D eigenvalue weighted by Crippen LogP contribution is -2.23. The molecule has 0 atom stereocenters. The SMILES string of the molecule is O=C(c1ccc(Cl)cc1)C1CCC(Cc2ccc([N+](=O)[O-])cc2)CC1. The zero-order chi connectivity index (χ0) is 17.8. The normalized spacial score (nSPS) is 20.2. The average Bonchev–Trinajstić information content (AvgIpc) is 2.63. The van der Waals surface area contributed by atoms with Gasteiger partial charge in [0.15, 0.2) is 5.78 Å². The van der Waals surface area contributed by atoms with Gasteiger partial charge in [0, 0.05) is 28.6 Å². The molecular weight excluding hydrogens is 338 g/mol. The number of Topliss-reactive ketones (excluding diaryl/α,β-unsaturated/α-hetero) is 1. The summed E-state index contributed by atoms with van der Waals surface area (Å²) < 4.78 is 0. The van der Waals surface area contributed by atoms with Gasteiger partial charge in [0.2, 0.25) is 0 Å². The smallest absolute Gasteiger partial charge is 0.269 e. The molecule has 3 rings (SSSR count). The summed E-state index contributed by atoms with van der Waals surface area (Å²) in [5.74, 6) is 0.843. The lowest BCUT2D eigenvalue weighted by molar-refractivity contribution is -0.384. The van der Waals surface area contributed by atoms with Crippen LogP contribution in [-0.2, 0) is 6.42 Å².